The van der Waals surface area contributed by atoms with Gasteiger partial charge in [0.25, 0.3) is 0 Å². The van der Waals surface area contributed by atoms with Crippen LogP contribution in [-0.2, 0) is 9.84 Å². The van der Waals surface area contributed by atoms with E-state index in [1.54, 1.807) is 12.1 Å². The van der Waals surface area contributed by atoms with Crippen LogP contribution in [0.3, 0.4) is 0 Å². The average molecular weight is 311 g/mol. The number of rotatable bonds is 8. The van der Waals surface area contributed by atoms with E-state index in [9.17, 15) is 8.42 Å². The first-order chi connectivity index (χ1) is 10.1. The van der Waals surface area contributed by atoms with Crippen LogP contribution in [0.1, 0.15) is 39.0 Å². The van der Waals surface area contributed by atoms with Gasteiger partial charge in [-0.25, -0.2) is 8.42 Å². The fraction of sp³-hybridized carbons (Fsp3) is 0.625. The monoisotopic (exact) mass is 311 g/mol. The zero-order valence-electron chi connectivity index (χ0n) is 12.7. The molecule has 0 aliphatic heterocycles. The lowest BCUT2D eigenvalue weighted by Gasteiger charge is -2.40. The van der Waals surface area contributed by atoms with E-state index in [1.165, 1.54) is 6.42 Å². The van der Waals surface area contributed by atoms with Crippen LogP contribution >= 0.6 is 0 Å². The molecule has 5 heteroatoms. The van der Waals surface area contributed by atoms with Gasteiger partial charge in [-0.3, -0.25) is 0 Å². The van der Waals surface area contributed by atoms with Gasteiger partial charge in [0.2, 0.25) is 0 Å². The maximum absolute atomic E-state index is 12.5. The summed E-state index contributed by atoms with van der Waals surface area (Å²) >= 11 is 0. The molecule has 1 aliphatic rings. The Morgan fingerprint density at radius 3 is 2.57 bits per heavy atom. The molecule has 0 atom stereocenters. The van der Waals surface area contributed by atoms with Gasteiger partial charge in [0.15, 0.2) is 9.84 Å². The molecule has 4 nitrogen and oxygen atoms in total. The molecule has 0 radical (unpaired) electrons. The molecule has 1 N–H and O–H groups in total. The van der Waals surface area contributed by atoms with Gasteiger partial charge in [-0.05, 0) is 44.2 Å². The van der Waals surface area contributed by atoms with Crippen molar-refractivity contribution in [3.63, 3.8) is 0 Å². The molecule has 1 aromatic rings. The van der Waals surface area contributed by atoms with Gasteiger partial charge >= 0.3 is 0 Å². The molecule has 1 aromatic carbocycles. The molecule has 0 unspecified atom stereocenters. The third kappa shape index (κ3) is 3.77. The van der Waals surface area contributed by atoms with Crippen molar-refractivity contribution in [2.45, 2.75) is 50.0 Å². The van der Waals surface area contributed by atoms with E-state index in [-0.39, 0.29) is 12.4 Å². The van der Waals surface area contributed by atoms with Crippen molar-refractivity contribution in [1.82, 2.24) is 0 Å². The zero-order chi connectivity index (χ0) is 15.3. The van der Waals surface area contributed by atoms with Crippen molar-refractivity contribution in [2.24, 2.45) is 0 Å². The first-order valence-electron chi connectivity index (χ1n) is 7.79. The standard InChI is InChI=1S/C16H25NO3S/c1-2-13-21(19,20)16-10-4-3-9-15(16)17(11-6-12-18)14-7-5-8-14/h3-4,9-10,14,18H,2,5-8,11-13H2,1H3. The van der Waals surface area contributed by atoms with Crippen LogP contribution in [0.15, 0.2) is 29.2 Å². The first-order valence-corrected chi connectivity index (χ1v) is 9.44. The maximum Gasteiger partial charge on any atom is 0.180 e. The van der Waals surface area contributed by atoms with Crippen molar-refractivity contribution in [2.75, 3.05) is 23.8 Å². The summed E-state index contributed by atoms with van der Waals surface area (Å²) in [6.45, 7) is 2.72. The molecule has 1 saturated carbocycles. The van der Waals surface area contributed by atoms with E-state index in [1.807, 2.05) is 19.1 Å². The Kier molecular flexibility index (Phi) is 5.65. The number of anilines is 1. The van der Waals surface area contributed by atoms with Gasteiger partial charge < -0.3 is 10.0 Å². The van der Waals surface area contributed by atoms with Gasteiger partial charge in [0, 0.05) is 19.2 Å². The number of para-hydroxylation sites is 1. The summed E-state index contributed by atoms with van der Waals surface area (Å²) in [5.74, 6) is 0.183. The quantitative estimate of drug-likeness (QED) is 0.802. The number of aliphatic hydroxyl groups excluding tert-OH is 1. The Hall–Kier alpha value is -1.07. The van der Waals surface area contributed by atoms with Crippen molar-refractivity contribution in [3.8, 4) is 0 Å². The second-order valence-corrected chi connectivity index (χ2v) is 7.72. The predicted molar refractivity (Wildman–Crippen MR) is 85.5 cm³/mol. The van der Waals surface area contributed by atoms with E-state index >= 15 is 0 Å². The summed E-state index contributed by atoms with van der Waals surface area (Å²) in [4.78, 5) is 2.62. The van der Waals surface area contributed by atoms with Crippen LogP contribution in [0.2, 0.25) is 0 Å². The van der Waals surface area contributed by atoms with Crippen LogP contribution in [0.5, 0.6) is 0 Å². The fourth-order valence-electron chi connectivity index (χ4n) is 2.78. The molecular weight excluding hydrogens is 286 g/mol. The highest BCUT2D eigenvalue weighted by molar-refractivity contribution is 7.91. The molecule has 118 valence electrons. The highest BCUT2D eigenvalue weighted by Gasteiger charge is 2.28. The second-order valence-electron chi connectivity index (χ2n) is 5.64. The largest absolute Gasteiger partial charge is 0.396 e. The third-order valence-corrected chi connectivity index (χ3v) is 6.02. The molecule has 0 aromatic heterocycles. The van der Waals surface area contributed by atoms with Crippen LogP contribution < -0.4 is 4.90 Å². The molecular formula is C16H25NO3S. The number of hydrogen-bond acceptors (Lipinski definition) is 4. The molecule has 0 bridgehead atoms. The maximum atomic E-state index is 12.5. The molecule has 0 saturated heterocycles. The summed E-state index contributed by atoms with van der Waals surface area (Å²) in [6.07, 6.45) is 4.70. The topological polar surface area (TPSA) is 57.6 Å². The lowest BCUT2D eigenvalue weighted by atomic mass is 9.91. The Balaban J connectivity index is 2.35. The molecule has 0 heterocycles. The Labute approximate surface area is 127 Å². The molecule has 1 aliphatic carbocycles. The number of benzene rings is 1. The summed E-state index contributed by atoms with van der Waals surface area (Å²) in [6, 6.07) is 7.71. The highest BCUT2D eigenvalue weighted by atomic mass is 32.2. The van der Waals surface area contributed by atoms with Crippen molar-refractivity contribution < 1.29 is 13.5 Å². The highest BCUT2D eigenvalue weighted by Crippen LogP contribution is 2.34. The van der Waals surface area contributed by atoms with Crippen molar-refractivity contribution >= 4 is 15.5 Å². The lowest BCUT2D eigenvalue weighted by Crippen LogP contribution is -2.41. The second kappa shape index (κ2) is 7.27. The SMILES string of the molecule is CCCS(=O)(=O)c1ccccc1N(CCCO)C1CCC1. The number of hydrogen-bond donors (Lipinski definition) is 1. The van der Waals surface area contributed by atoms with E-state index in [0.29, 0.717) is 30.3 Å². The number of nitrogens with zero attached hydrogens (tertiary/aromatic N) is 1. The minimum atomic E-state index is -3.23. The van der Waals surface area contributed by atoms with Crippen molar-refractivity contribution in [1.29, 1.82) is 0 Å². The normalized spacial score (nSPS) is 15.7. The third-order valence-electron chi connectivity index (χ3n) is 4.06. The van der Waals surface area contributed by atoms with E-state index in [4.69, 9.17) is 5.11 Å². The van der Waals surface area contributed by atoms with Gasteiger partial charge in [0.1, 0.15) is 0 Å². The van der Waals surface area contributed by atoms with E-state index < -0.39 is 9.84 Å². The molecule has 21 heavy (non-hydrogen) atoms. The predicted octanol–water partition coefficient (Wildman–Crippen LogP) is 2.61. The molecule has 1 fully saturated rings. The smallest absolute Gasteiger partial charge is 0.180 e. The van der Waals surface area contributed by atoms with Gasteiger partial charge in [-0.2, -0.15) is 0 Å². The summed E-state index contributed by atoms with van der Waals surface area (Å²) < 4.78 is 25.0. The van der Waals surface area contributed by atoms with E-state index in [0.717, 1.165) is 18.5 Å². The van der Waals surface area contributed by atoms with Crippen LogP contribution in [-0.4, -0.2) is 38.5 Å². The molecule has 0 amide bonds. The minimum absolute atomic E-state index is 0.132. The van der Waals surface area contributed by atoms with Gasteiger partial charge in [-0.1, -0.05) is 19.1 Å². The summed E-state index contributed by atoms with van der Waals surface area (Å²) in [7, 11) is -3.23. The lowest BCUT2D eigenvalue weighted by molar-refractivity contribution is 0.282. The number of aliphatic hydroxyl groups is 1. The van der Waals surface area contributed by atoms with Crippen LogP contribution in [0.25, 0.3) is 0 Å². The fourth-order valence-corrected chi connectivity index (χ4v) is 4.32. The summed E-state index contributed by atoms with van der Waals surface area (Å²) in [5.41, 5.74) is 0.809. The molecule has 0 spiro atoms. The molecule has 2 rings (SSSR count). The van der Waals surface area contributed by atoms with Gasteiger partial charge in [-0.15, -0.1) is 0 Å². The average Bonchev–Trinajstić information content (AvgIpc) is 2.41. The number of sulfone groups is 1. The Morgan fingerprint density at radius 2 is 2.00 bits per heavy atom. The van der Waals surface area contributed by atoms with Gasteiger partial charge in [0.05, 0.1) is 16.3 Å². The van der Waals surface area contributed by atoms with Crippen LogP contribution in [0.4, 0.5) is 5.69 Å². The Bertz CT molecular complexity index is 552. The van der Waals surface area contributed by atoms with E-state index in [2.05, 4.69) is 4.90 Å². The zero-order valence-corrected chi connectivity index (χ0v) is 13.5. The minimum Gasteiger partial charge on any atom is -0.396 e. The Morgan fingerprint density at radius 1 is 1.29 bits per heavy atom. The summed E-state index contributed by atoms with van der Waals surface area (Å²) in [5, 5.41) is 9.10. The first kappa shape index (κ1) is 16.3. The van der Waals surface area contributed by atoms with Crippen molar-refractivity contribution in [3.05, 3.63) is 24.3 Å². The van der Waals surface area contributed by atoms with Crippen LogP contribution in [0, 0.1) is 0 Å².